The molecule has 1 heterocycles. The number of carbonyl (C=O) groups is 1. The van der Waals surface area contributed by atoms with E-state index in [4.69, 9.17) is 14.2 Å². The van der Waals surface area contributed by atoms with Crippen molar-refractivity contribution in [3.8, 4) is 11.5 Å². The summed E-state index contributed by atoms with van der Waals surface area (Å²) in [7, 11) is 0. The second kappa shape index (κ2) is 9.99. The van der Waals surface area contributed by atoms with Crippen molar-refractivity contribution in [2.75, 3.05) is 6.61 Å². The van der Waals surface area contributed by atoms with Gasteiger partial charge < -0.3 is 14.2 Å². The minimum atomic E-state index is -0.472. The average molecular weight is 539 g/mol. The molecule has 0 unspecified atom stereocenters. The lowest BCUT2D eigenvalue weighted by atomic mass is 10.1. The van der Waals surface area contributed by atoms with Gasteiger partial charge in [-0.2, -0.15) is 0 Å². The largest absolute Gasteiger partial charge is 0.490 e. The molecule has 1 aliphatic heterocycles. The zero-order valence-corrected chi connectivity index (χ0v) is 20.0. The van der Waals surface area contributed by atoms with Crippen LogP contribution in [0.3, 0.4) is 0 Å². The molecule has 162 valence electrons. The highest BCUT2D eigenvalue weighted by Crippen LogP contribution is 2.31. The van der Waals surface area contributed by atoms with E-state index >= 15 is 0 Å². The summed E-state index contributed by atoms with van der Waals surface area (Å²) in [6.07, 6.45) is 1.69. The summed E-state index contributed by atoms with van der Waals surface area (Å²) in [5.41, 5.74) is 3.90. The van der Waals surface area contributed by atoms with E-state index in [-0.39, 0.29) is 5.70 Å². The molecule has 5 nitrogen and oxygen atoms in total. The molecule has 0 fully saturated rings. The van der Waals surface area contributed by atoms with Crippen molar-refractivity contribution >= 4 is 40.5 Å². The standard InChI is InChI=1S/C26H22INO4/c1-3-30-24-15-19(10-13-23(24)31-16-18-8-11-20(27)12-9-18)14-22-26(29)32-25(28-22)21-7-5-4-6-17(21)2/h4-15H,3,16H2,1-2H3/b22-14-. The van der Waals surface area contributed by atoms with Gasteiger partial charge in [-0.3, -0.25) is 0 Å². The molecule has 0 bridgehead atoms. The lowest BCUT2D eigenvalue weighted by Gasteiger charge is -2.13. The number of hydrogen-bond acceptors (Lipinski definition) is 5. The summed E-state index contributed by atoms with van der Waals surface area (Å²) >= 11 is 2.28. The molecule has 0 aliphatic carbocycles. The maximum absolute atomic E-state index is 12.4. The van der Waals surface area contributed by atoms with Crippen molar-refractivity contribution in [3.05, 3.63) is 98.3 Å². The second-order valence-electron chi connectivity index (χ2n) is 7.21. The number of aliphatic imine (C=N–C) groups is 1. The first-order chi connectivity index (χ1) is 15.5. The number of cyclic esters (lactones) is 1. The third kappa shape index (κ3) is 5.19. The molecule has 4 rings (SSSR count). The monoisotopic (exact) mass is 539 g/mol. The van der Waals surface area contributed by atoms with Gasteiger partial charge in [-0.05, 0) is 89.5 Å². The van der Waals surface area contributed by atoms with Crippen LogP contribution in [0.25, 0.3) is 6.08 Å². The highest BCUT2D eigenvalue weighted by atomic mass is 127. The van der Waals surface area contributed by atoms with Crippen LogP contribution in [0.1, 0.15) is 29.2 Å². The van der Waals surface area contributed by atoms with Gasteiger partial charge in [-0.25, -0.2) is 9.79 Å². The topological polar surface area (TPSA) is 57.1 Å². The molecule has 0 saturated carbocycles. The summed E-state index contributed by atoms with van der Waals surface area (Å²) in [5.74, 6) is 1.11. The Balaban J connectivity index is 1.56. The van der Waals surface area contributed by atoms with E-state index in [9.17, 15) is 4.79 Å². The Labute approximate surface area is 200 Å². The molecule has 1 aliphatic rings. The Morgan fingerprint density at radius 3 is 2.53 bits per heavy atom. The van der Waals surface area contributed by atoms with Crippen molar-refractivity contribution in [1.82, 2.24) is 0 Å². The molecule has 0 saturated heterocycles. The van der Waals surface area contributed by atoms with Gasteiger partial charge in [-0.1, -0.05) is 36.4 Å². The van der Waals surface area contributed by atoms with Crippen LogP contribution < -0.4 is 9.47 Å². The third-order valence-electron chi connectivity index (χ3n) is 4.87. The van der Waals surface area contributed by atoms with Crippen LogP contribution in [0.5, 0.6) is 11.5 Å². The average Bonchev–Trinajstić information content (AvgIpc) is 3.15. The smallest absolute Gasteiger partial charge is 0.363 e. The summed E-state index contributed by atoms with van der Waals surface area (Å²) in [6, 6.07) is 21.4. The molecule has 0 radical (unpaired) electrons. The Morgan fingerprint density at radius 2 is 1.78 bits per heavy atom. The Morgan fingerprint density at radius 1 is 1.00 bits per heavy atom. The minimum Gasteiger partial charge on any atom is -0.490 e. The molecular weight excluding hydrogens is 517 g/mol. The summed E-state index contributed by atoms with van der Waals surface area (Å²) in [4.78, 5) is 16.8. The van der Waals surface area contributed by atoms with Crippen molar-refractivity contribution in [3.63, 3.8) is 0 Å². The third-order valence-corrected chi connectivity index (χ3v) is 5.59. The van der Waals surface area contributed by atoms with E-state index < -0.39 is 5.97 Å². The first-order valence-electron chi connectivity index (χ1n) is 10.3. The van der Waals surface area contributed by atoms with E-state index in [1.165, 1.54) is 3.57 Å². The van der Waals surface area contributed by atoms with Gasteiger partial charge in [-0.15, -0.1) is 0 Å². The fourth-order valence-corrected chi connectivity index (χ4v) is 3.60. The fourth-order valence-electron chi connectivity index (χ4n) is 3.24. The summed E-state index contributed by atoms with van der Waals surface area (Å²) in [5, 5.41) is 0. The van der Waals surface area contributed by atoms with E-state index in [1.807, 2.05) is 80.6 Å². The SMILES string of the molecule is CCOc1cc(/C=C2\N=C(c3ccccc3C)OC2=O)ccc1OCc1ccc(I)cc1. The van der Waals surface area contributed by atoms with Gasteiger partial charge in [0.25, 0.3) is 0 Å². The van der Waals surface area contributed by atoms with Crippen molar-refractivity contribution in [1.29, 1.82) is 0 Å². The van der Waals surface area contributed by atoms with Crippen LogP contribution >= 0.6 is 22.6 Å². The number of esters is 1. The van der Waals surface area contributed by atoms with Gasteiger partial charge in [0, 0.05) is 9.13 Å². The molecule has 3 aromatic carbocycles. The van der Waals surface area contributed by atoms with Crippen LogP contribution in [-0.4, -0.2) is 18.5 Å². The summed E-state index contributed by atoms with van der Waals surface area (Å²) in [6.45, 7) is 4.81. The number of halogens is 1. The molecule has 6 heteroatoms. The lowest BCUT2D eigenvalue weighted by Crippen LogP contribution is -2.06. The quantitative estimate of drug-likeness (QED) is 0.213. The van der Waals surface area contributed by atoms with E-state index in [0.29, 0.717) is 30.6 Å². The number of rotatable bonds is 7. The molecule has 0 atom stereocenters. The Kier molecular flexibility index (Phi) is 6.90. The van der Waals surface area contributed by atoms with Gasteiger partial charge >= 0.3 is 5.97 Å². The van der Waals surface area contributed by atoms with Crippen molar-refractivity contribution < 1.29 is 19.0 Å². The van der Waals surface area contributed by atoms with E-state index in [1.54, 1.807) is 6.08 Å². The molecule has 3 aromatic rings. The Bertz CT molecular complexity index is 1200. The lowest BCUT2D eigenvalue weighted by molar-refractivity contribution is -0.129. The molecule has 32 heavy (non-hydrogen) atoms. The van der Waals surface area contributed by atoms with E-state index in [0.717, 1.165) is 22.3 Å². The van der Waals surface area contributed by atoms with Gasteiger partial charge in [0.2, 0.25) is 5.90 Å². The van der Waals surface area contributed by atoms with Gasteiger partial charge in [0.05, 0.1) is 6.61 Å². The Hall–Kier alpha value is -3.13. The number of aryl methyl sites for hydroxylation is 1. The normalized spacial score (nSPS) is 14.3. The van der Waals surface area contributed by atoms with Gasteiger partial charge in [0.1, 0.15) is 6.61 Å². The summed E-state index contributed by atoms with van der Waals surface area (Å²) < 4.78 is 18.3. The van der Waals surface area contributed by atoms with Gasteiger partial charge in [0.15, 0.2) is 17.2 Å². The van der Waals surface area contributed by atoms with Crippen molar-refractivity contribution in [2.45, 2.75) is 20.5 Å². The predicted octanol–water partition coefficient (Wildman–Crippen LogP) is 5.92. The highest BCUT2D eigenvalue weighted by molar-refractivity contribution is 14.1. The first-order valence-corrected chi connectivity index (χ1v) is 11.3. The maximum atomic E-state index is 12.4. The van der Waals surface area contributed by atoms with Crippen LogP contribution in [0, 0.1) is 10.5 Å². The van der Waals surface area contributed by atoms with Crippen molar-refractivity contribution in [2.24, 2.45) is 4.99 Å². The predicted molar refractivity (Wildman–Crippen MR) is 133 cm³/mol. The number of hydrogen-bond donors (Lipinski definition) is 0. The maximum Gasteiger partial charge on any atom is 0.363 e. The first kappa shape index (κ1) is 22.1. The highest BCUT2D eigenvalue weighted by Gasteiger charge is 2.25. The second-order valence-corrected chi connectivity index (χ2v) is 8.45. The fraction of sp³-hybridized carbons (Fsp3) is 0.154. The minimum absolute atomic E-state index is 0.248. The molecule has 0 aromatic heterocycles. The zero-order chi connectivity index (χ0) is 22.5. The van der Waals surface area contributed by atoms with Crippen LogP contribution in [0.2, 0.25) is 0 Å². The zero-order valence-electron chi connectivity index (χ0n) is 17.8. The molecule has 0 N–H and O–H groups in total. The molecule has 0 amide bonds. The molecule has 0 spiro atoms. The van der Waals surface area contributed by atoms with Crippen LogP contribution in [0.4, 0.5) is 0 Å². The number of nitrogens with zero attached hydrogens (tertiary/aromatic N) is 1. The number of ether oxygens (including phenoxy) is 3. The number of carbonyl (C=O) groups excluding carboxylic acids is 1. The van der Waals surface area contributed by atoms with Crippen LogP contribution in [0.15, 0.2) is 77.4 Å². The van der Waals surface area contributed by atoms with Crippen LogP contribution in [-0.2, 0) is 16.1 Å². The molecular formula is C26H22INO4. The number of benzene rings is 3. The van der Waals surface area contributed by atoms with E-state index in [2.05, 4.69) is 27.6 Å².